The van der Waals surface area contributed by atoms with E-state index < -0.39 is 0 Å². The monoisotopic (exact) mass is 323 g/mol. The average molecular weight is 323 g/mol. The molecule has 2 aromatic rings. The SMILES string of the molecule is CC(=O)N1CCOc2ccc(-c3ccc4c(c3)NC(C)N4)cc2C1. The van der Waals surface area contributed by atoms with Crippen LogP contribution in [0.25, 0.3) is 11.1 Å². The van der Waals surface area contributed by atoms with Crippen molar-refractivity contribution in [2.75, 3.05) is 23.8 Å². The minimum absolute atomic E-state index is 0.0821. The molecule has 1 amide bonds. The maximum Gasteiger partial charge on any atom is 0.219 e. The molecular formula is C19H21N3O2. The topological polar surface area (TPSA) is 53.6 Å². The zero-order valence-electron chi connectivity index (χ0n) is 13.9. The molecule has 0 bridgehead atoms. The van der Waals surface area contributed by atoms with Crippen LogP contribution in [0.2, 0.25) is 0 Å². The fraction of sp³-hybridized carbons (Fsp3) is 0.316. The molecule has 5 heteroatoms. The van der Waals surface area contributed by atoms with Gasteiger partial charge in [-0.05, 0) is 42.3 Å². The molecular weight excluding hydrogens is 302 g/mol. The molecule has 2 aliphatic heterocycles. The van der Waals surface area contributed by atoms with Crippen molar-refractivity contribution in [2.24, 2.45) is 0 Å². The van der Waals surface area contributed by atoms with Gasteiger partial charge in [0.15, 0.2) is 0 Å². The van der Waals surface area contributed by atoms with Gasteiger partial charge in [0.25, 0.3) is 0 Å². The van der Waals surface area contributed by atoms with E-state index in [4.69, 9.17) is 4.74 Å². The molecule has 2 aromatic carbocycles. The number of anilines is 2. The molecule has 4 rings (SSSR count). The lowest BCUT2D eigenvalue weighted by molar-refractivity contribution is -0.129. The summed E-state index contributed by atoms with van der Waals surface area (Å²) in [6.45, 7) is 5.47. The Morgan fingerprint density at radius 1 is 1.12 bits per heavy atom. The lowest BCUT2D eigenvalue weighted by atomic mass is 10.0. The van der Waals surface area contributed by atoms with Crippen LogP contribution < -0.4 is 15.4 Å². The second-order valence-corrected chi connectivity index (χ2v) is 6.38. The van der Waals surface area contributed by atoms with Crippen LogP contribution in [0.15, 0.2) is 36.4 Å². The Hall–Kier alpha value is -2.69. The number of benzene rings is 2. The summed E-state index contributed by atoms with van der Waals surface area (Å²) in [5.41, 5.74) is 5.59. The van der Waals surface area contributed by atoms with E-state index in [9.17, 15) is 4.79 Å². The minimum Gasteiger partial charge on any atom is -0.491 e. The van der Waals surface area contributed by atoms with Gasteiger partial charge < -0.3 is 20.3 Å². The number of fused-ring (bicyclic) bond motifs is 2. The molecule has 2 N–H and O–H groups in total. The predicted molar refractivity (Wildman–Crippen MR) is 95.2 cm³/mol. The number of ether oxygens (including phenoxy) is 1. The number of rotatable bonds is 1. The van der Waals surface area contributed by atoms with Crippen LogP contribution in [0.1, 0.15) is 19.4 Å². The molecule has 1 unspecified atom stereocenters. The minimum atomic E-state index is 0.0821. The third-order valence-electron chi connectivity index (χ3n) is 4.58. The van der Waals surface area contributed by atoms with Crippen molar-refractivity contribution in [3.05, 3.63) is 42.0 Å². The van der Waals surface area contributed by atoms with Crippen molar-refractivity contribution in [1.82, 2.24) is 4.90 Å². The first kappa shape index (κ1) is 14.9. The molecule has 1 atom stereocenters. The first-order chi connectivity index (χ1) is 11.6. The van der Waals surface area contributed by atoms with Crippen LogP contribution in [0.4, 0.5) is 11.4 Å². The Bertz CT molecular complexity index is 803. The molecule has 0 spiro atoms. The Morgan fingerprint density at radius 3 is 2.71 bits per heavy atom. The average Bonchev–Trinajstić information content (AvgIpc) is 2.80. The number of carbonyl (C=O) groups excluding carboxylic acids is 1. The van der Waals surface area contributed by atoms with Crippen molar-refractivity contribution < 1.29 is 9.53 Å². The molecule has 0 radical (unpaired) electrons. The Balaban J connectivity index is 1.68. The lowest BCUT2D eigenvalue weighted by Gasteiger charge is -2.17. The van der Waals surface area contributed by atoms with Gasteiger partial charge in [0, 0.05) is 19.0 Å². The van der Waals surface area contributed by atoms with E-state index in [1.54, 1.807) is 6.92 Å². The van der Waals surface area contributed by atoms with E-state index >= 15 is 0 Å². The maximum atomic E-state index is 11.7. The standard InChI is InChI=1S/C19H21N3O2/c1-12-20-17-5-3-15(10-18(17)21-12)14-4-6-19-16(9-14)11-22(13(2)23)7-8-24-19/h3-6,9-10,12,20-21H,7-8,11H2,1-2H3. The lowest BCUT2D eigenvalue weighted by Crippen LogP contribution is -2.30. The third-order valence-corrected chi connectivity index (χ3v) is 4.58. The van der Waals surface area contributed by atoms with Gasteiger partial charge in [-0.15, -0.1) is 0 Å². The van der Waals surface area contributed by atoms with E-state index in [2.05, 4.69) is 47.9 Å². The molecule has 124 valence electrons. The highest BCUT2D eigenvalue weighted by Crippen LogP contribution is 2.35. The third kappa shape index (κ3) is 2.66. The fourth-order valence-corrected chi connectivity index (χ4v) is 3.31. The predicted octanol–water partition coefficient (Wildman–Crippen LogP) is 3.28. The number of nitrogens with one attached hydrogen (secondary N) is 2. The molecule has 24 heavy (non-hydrogen) atoms. The number of hydrogen-bond donors (Lipinski definition) is 2. The summed E-state index contributed by atoms with van der Waals surface area (Å²) >= 11 is 0. The molecule has 0 aromatic heterocycles. The first-order valence-corrected chi connectivity index (χ1v) is 8.29. The normalized spacial score (nSPS) is 18.6. The molecule has 0 aliphatic carbocycles. The summed E-state index contributed by atoms with van der Waals surface area (Å²) < 4.78 is 5.79. The van der Waals surface area contributed by atoms with Gasteiger partial charge >= 0.3 is 0 Å². The maximum absolute atomic E-state index is 11.7. The summed E-state index contributed by atoms with van der Waals surface area (Å²) in [4.78, 5) is 13.6. The molecule has 2 heterocycles. The summed E-state index contributed by atoms with van der Waals surface area (Å²) in [6.07, 6.45) is 0.250. The summed E-state index contributed by atoms with van der Waals surface area (Å²) in [5, 5.41) is 6.79. The van der Waals surface area contributed by atoms with Gasteiger partial charge in [-0.25, -0.2) is 0 Å². The second kappa shape index (κ2) is 5.74. The van der Waals surface area contributed by atoms with Gasteiger partial charge in [0.05, 0.1) is 24.1 Å². The summed E-state index contributed by atoms with van der Waals surface area (Å²) in [5.74, 6) is 0.954. The van der Waals surface area contributed by atoms with E-state index in [1.807, 2.05) is 11.0 Å². The van der Waals surface area contributed by atoms with Crippen LogP contribution in [-0.2, 0) is 11.3 Å². The number of hydrogen-bond acceptors (Lipinski definition) is 4. The van der Waals surface area contributed by atoms with Crippen LogP contribution in [-0.4, -0.2) is 30.1 Å². The fourth-order valence-electron chi connectivity index (χ4n) is 3.31. The number of amides is 1. The van der Waals surface area contributed by atoms with Crippen LogP contribution in [0.5, 0.6) is 5.75 Å². The zero-order chi connectivity index (χ0) is 16.7. The van der Waals surface area contributed by atoms with E-state index in [-0.39, 0.29) is 12.1 Å². The molecule has 0 saturated heterocycles. The second-order valence-electron chi connectivity index (χ2n) is 6.38. The van der Waals surface area contributed by atoms with Crippen LogP contribution in [0.3, 0.4) is 0 Å². The Morgan fingerprint density at radius 2 is 1.88 bits per heavy atom. The first-order valence-electron chi connectivity index (χ1n) is 8.29. The van der Waals surface area contributed by atoms with Crippen molar-refractivity contribution in [3.8, 4) is 16.9 Å². The quantitative estimate of drug-likeness (QED) is 0.846. The van der Waals surface area contributed by atoms with Crippen molar-refractivity contribution in [1.29, 1.82) is 0 Å². The molecule has 2 aliphatic rings. The summed E-state index contributed by atoms with van der Waals surface area (Å²) in [6, 6.07) is 12.6. The van der Waals surface area contributed by atoms with Crippen LogP contribution >= 0.6 is 0 Å². The number of carbonyl (C=O) groups is 1. The molecule has 0 fully saturated rings. The van der Waals surface area contributed by atoms with Crippen molar-refractivity contribution >= 4 is 17.3 Å². The zero-order valence-corrected chi connectivity index (χ0v) is 13.9. The summed E-state index contributed by atoms with van der Waals surface area (Å²) in [7, 11) is 0. The molecule has 0 saturated carbocycles. The highest BCUT2D eigenvalue weighted by Gasteiger charge is 2.19. The smallest absolute Gasteiger partial charge is 0.219 e. The molecule has 5 nitrogen and oxygen atoms in total. The van der Waals surface area contributed by atoms with Gasteiger partial charge in [0.2, 0.25) is 5.91 Å². The van der Waals surface area contributed by atoms with E-state index in [1.165, 1.54) is 0 Å². The number of nitrogens with zero attached hydrogens (tertiary/aromatic N) is 1. The van der Waals surface area contributed by atoms with E-state index in [0.717, 1.165) is 33.8 Å². The van der Waals surface area contributed by atoms with Gasteiger partial charge in [-0.1, -0.05) is 12.1 Å². The highest BCUT2D eigenvalue weighted by molar-refractivity contribution is 5.81. The van der Waals surface area contributed by atoms with Gasteiger partial charge in [0.1, 0.15) is 12.4 Å². The Kier molecular flexibility index (Phi) is 3.56. The highest BCUT2D eigenvalue weighted by atomic mass is 16.5. The van der Waals surface area contributed by atoms with Gasteiger partial charge in [-0.3, -0.25) is 4.79 Å². The largest absolute Gasteiger partial charge is 0.491 e. The van der Waals surface area contributed by atoms with Crippen molar-refractivity contribution in [3.63, 3.8) is 0 Å². The Labute approximate surface area is 141 Å². The van der Waals surface area contributed by atoms with Gasteiger partial charge in [-0.2, -0.15) is 0 Å². The van der Waals surface area contributed by atoms with Crippen LogP contribution in [0, 0.1) is 0 Å². The van der Waals surface area contributed by atoms with E-state index in [0.29, 0.717) is 19.7 Å². The van der Waals surface area contributed by atoms with Crippen molar-refractivity contribution in [2.45, 2.75) is 26.6 Å².